The van der Waals surface area contributed by atoms with Gasteiger partial charge in [-0.05, 0) is 36.5 Å². The molecular formula is C16H25O. The first-order chi connectivity index (χ1) is 8.22. The second kappa shape index (κ2) is 8.16. The molecule has 0 spiro atoms. The van der Waals surface area contributed by atoms with Gasteiger partial charge in [-0.2, -0.15) is 0 Å². The smallest absolute Gasteiger partial charge is 0.119 e. The highest BCUT2D eigenvalue weighted by molar-refractivity contribution is 5.28. The van der Waals surface area contributed by atoms with Crippen molar-refractivity contribution in [1.29, 1.82) is 0 Å². The van der Waals surface area contributed by atoms with E-state index in [0.29, 0.717) is 0 Å². The lowest BCUT2D eigenvalue weighted by molar-refractivity contribution is 0.305. The van der Waals surface area contributed by atoms with Crippen molar-refractivity contribution in [2.24, 2.45) is 0 Å². The van der Waals surface area contributed by atoms with Crippen molar-refractivity contribution in [3.63, 3.8) is 0 Å². The molecule has 0 aromatic heterocycles. The predicted molar refractivity (Wildman–Crippen MR) is 74.4 cm³/mol. The topological polar surface area (TPSA) is 9.23 Å². The lowest BCUT2D eigenvalue weighted by Gasteiger charge is -2.08. The van der Waals surface area contributed by atoms with Crippen molar-refractivity contribution < 1.29 is 4.74 Å². The Balaban J connectivity index is 2.25. The Morgan fingerprint density at radius 3 is 2.29 bits per heavy atom. The summed E-state index contributed by atoms with van der Waals surface area (Å²) in [5.41, 5.74) is 1.36. The summed E-state index contributed by atoms with van der Waals surface area (Å²) in [5.74, 6) is 2.44. The quantitative estimate of drug-likeness (QED) is 0.586. The SMILES string of the molecule is CCCCCCOc1ccc(C[C](C)C)cc1. The van der Waals surface area contributed by atoms with Gasteiger partial charge in [-0.1, -0.05) is 52.2 Å². The van der Waals surface area contributed by atoms with E-state index in [9.17, 15) is 0 Å². The van der Waals surface area contributed by atoms with Gasteiger partial charge in [0.25, 0.3) is 0 Å². The molecule has 1 nitrogen and oxygen atoms in total. The van der Waals surface area contributed by atoms with E-state index < -0.39 is 0 Å². The van der Waals surface area contributed by atoms with Crippen LogP contribution >= 0.6 is 0 Å². The van der Waals surface area contributed by atoms with E-state index in [4.69, 9.17) is 4.74 Å². The third-order valence-corrected chi connectivity index (χ3v) is 2.75. The van der Waals surface area contributed by atoms with Crippen LogP contribution in [0.25, 0.3) is 0 Å². The minimum atomic E-state index is 0.846. The zero-order valence-electron chi connectivity index (χ0n) is 11.5. The maximum Gasteiger partial charge on any atom is 0.119 e. The van der Waals surface area contributed by atoms with Gasteiger partial charge in [-0.25, -0.2) is 0 Å². The van der Waals surface area contributed by atoms with Crippen LogP contribution in [-0.2, 0) is 6.42 Å². The molecule has 0 bridgehead atoms. The number of hydrogen-bond donors (Lipinski definition) is 0. The predicted octanol–water partition coefficient (Wildman–Crippen LogP) is 4.80. The number of unbranched alkanes of at least 4 members (excludes halogenated alkanes) is 3. The number of hydrogen-bond acceptors (Lipinski definition) is 1. The molecule has 0 saturated carbocycles. The molecule has 1 radical (unpaired) electrons. The Hall–Kier alpha value is -0.980. The fourth-order valence-corrected chi connectivity index (χ4v) is 1.83. The molecule has 1 heteroatoms. The summed E-state index contributed by atoms with van der Waals surface area (Å²) in [4.78, 5) is 0. The third-order valence-electron chi connectivity index (χ3n) is 2.75. The molecule has 95 valence electrons. The molecule has 0 aliphatic carbocycles. The van der Waals surface area contributed by atoms with Gasteiger partial charge < -0.3 is 4.74 Å². The molecule has 0 aliphatic rings. The molecular weight excluding hydrogens is 208 g/mol. The summed E-state index contributed by atoms with van der Waals surface area (Å²) < 4.78 is 5.71. The van der Waals surface area contributed by atoms with Crippen LogP contribution in [0.1, 0.15) is 52.0 Å². The van der Waals surface area contributed by atoms with Crippen LogP contribution in [0.5, 0.6) is 5.75 Å². The highest BCUT2D eigenvalue weighted by atomic mass is 16.5. The van der Waals surface area contributed by atoms with Crippen LogP contribution < -0.4 is 4.74 Å². The Bertz CT molecular complexity index is 287. The lowest BCUT2D eigenvalue weighted by atomic mass is 10.0. The Morgan fingerprint density at radius 1 is 1.00 bits per heavy atom. The van der Waals surface area contributed by atoms with Crippen LogP contribution in [0.3, 0.4) is 0 Å². The van der Waals surface area contributed by atoms with Crippen LogP contribution in [0.4, 0.5) is 0 Å². The van der Waals surface area contributed by atoms with E-state index in [-0.39, 0.29) is 0 Å². The molecule has 0 atom stereocenters. The second-order valence-corrected chi connectivity index (χ2v) is 4.94. The molecule has 0 fully saturated rings. The first kappa shape index (κ1) is 14.1. The summed E-state index contributed by atoms with van der Waals surface area (Å²) in [7, 11) is 0. The van der Waals surface area contributed by atoms with Crippen molar-refractivity contribution in [2.75, 3.05) is 6.61 Å². The van der Waals surface area contributed by atoms with Crippen molar-refractivity contribution in [2.45, 2.75) is 52.9 Å². The maximum atomic E-state index is 5.71. The van der Waals surface area contributed by atoms with Gasteiger partial charge in [0.2, 0.25) is 0 Å². The van der Waals surface area contributed by atoms with E-state index in [1.165, 1.54) is 30.7 Å². The van der Waals surface area contributed by atoms with Crippen molar-refractivity contribution in [3.05, 3.63) is 35.7 Å². The second-order valence-electron chi connectivity index (χ2n) is 4.94. The van der Waals surface area contributed by atoms with Gasteiger partial charge in [0.15, 0.2) is 0 Å². The van der Waals surface area contributed by atoms with E-state index in [0.717, 1.165) is 25.2 Å². The fourth-order valence-electron chi connectivity index (χ4n) is 1.83. The van der Waals surface area contributed by atoms with Gasteiger partial charge >= 0.3 is 0 Å². The van der Waals surface area contributed by atoms with E-state index in [1.54, 1.807) is 0 Å². The summed E-state index contributed by atoms with van der Waals surface area (Å²) in [6.45, 7) is 7.40. The molecule has 17 heavy (non-hydrogen) atoms. The zero-order chi connectivity index (χ0) is 12.5. The van der Waals surface area contributed by atoms with E-state index >= 15 is 0 Å². The Labute approximate surface area is 106 Å². The molecule has 1 aromatic carbocycles. The van der Waals surface area contributed by atoms with Crippen LogP contribution in [-0.4, -0.2) is 6.61 Å². The summed E-state index contributed by atoms with van der Waals surface area (Å²) >= 11 is 0. The van der Waals surface area contributed by atoms with Crippen LogP contribution in [0.2, 0.25) is 0 Å². The molecule has 0 aliphatic heterocycles. The van der Waals surface area contributed by atoms with Crippen LogP contribution in [0.15, 0.2) is 24.3 Å². The van der Waals surface area contributed by atoms with Gasteiger partial charge in [0.1, 0.15) is 5.75 Å². The minimum Gasteiger partial charge on any atom is -0.494 e. The average molecular weight is 233 g/mol. The third kappa shape index (κ3) is 6.35. The van der Waals surface area contributed by atoms with Gasteiger partial charge in [0.05, 0.1) is 6.61 Å². The first-order valence-electron chi connectivity index (χ1n) is 6.73. The van der Waals surface area contributed by atoms with Gasteiger partial charge in [-0.3, -0.25) is 0 Å². The first-order valence-corrected chi connectivity index (χ1v) is 6.73. The largest absolute Gasteiger partial charge is 0.494 e. The minimum absolute atomic E-state index is 0.846. The summed E-state index contributed by atoms with van der Waals surface area (Å²) in [6.07, 6.45) is 6.10. The normalized spacial score (nSPS) is 10.8. The van der Waals surface area contributed by atoms with Crippen LogP contribution in [0, 0.1) is 5.92 Å². The molecule has 0 saturated heterocycles. The number of rotatable bonds is 8. The monoisotopic (exact) mass is 233 g/mol. The average Bonchev–Trinajstić information content (AvgIpc) is 2.30. The van der Waals surface area contributed by atoms with Crippen molar-refractivity contribution in [1.82, 2.24) is 0 Å². The van der Waals surface area contributed by atoms with E-state index in [1.807, 2.05) is 0 Å². The molecule has 0 unspecified atom stereocenters. The molecule has 0 heterocycles. The lowest BCUT2D eigenvalue weighted by Crippen LogP contribution is -1.98. The summed E-state index contributed by atoms with van der Waals surface area (Å²) in [5, 5.41) is 0. The number of benzene rings is 1. The molecule has 1 rings (SSSR count). The fraction of sp³-hybridized carbons (Fsp3) is 0.562. The van der Waals surface area contributed by atoms with Gasteiger partial charge in [-0.15, -0.1) is 0 Å². The standard InChI is InChI=1S/C16H25O/c1-4-5-6-7-12-17-16-10-8-15(9-11-16)13-14(2)3/h8-11H,4-7,12-13H2,1-3H3. The number of ether oxygens (including phenoxy) is 1. The van der Waals surface area contributed by atoms with E-state index in [2.05, 4.69) is 45.0 Å². The Kier molecular flexibility index (Phi) is 6.76. The van der Waals surface area contributed by atoms with Gasteiger partial charge in [0, 0.05) is 0 Å². The molecule has 0 amide bonds. The highest BCUT2D eigenvalue weighted by Gasteiger charge is 1.99. The highest BCUT2D eigenvalue weighted by Crippen LogP contribution is 2.16. The molecule has 0 N–H and O–H groups in total. The zero-order valence-corrected chi connectivity index (χ0v) is 11.5. The Morgan fingerprint density at radius 2 is 1.71 bits per heavy atom. The van der Waals surface area contributed by atoms with Crippen molar-refractivity contribution in [3.8, 4) is 5.75 Å². The maximum absolute atomic E-state index is 5.71. The van der Waals surface area contributed by atoms with Crippen molar-refractivity contribution >= 4 is 0 Å². The molecule has 1 aromatic rings. The summed E-state index contributed by atoms with van der Waals surface area (Å²) in [6, 6.07) is 8.49.